The molecule has 5 nitrogen and oxygen atoms in total. The highest BCUT2D eigenvalue weighted by atomic mass is 32.2. The molecule has 2 amide bonds. The zero-order chi connectivity index (χ0) is 17.5. The Morgan fingerprint density at radius 2 is 1.83 bits per heavy atom. The summed E-state index contributed by atoms with van der Waals surface area (Å²) in [5.74, 6) is -1.46. The molecule has 8 heteroatoms. The molecule has 1 aliphatic heterocycles. The van der Waals surface area contributed by atoms with Crippen molar-refractivity contribution in [1.82, 2.24) is 0 Å². The molecule has 2 aromatic carbocycles. The Balaban J connectivity index is 1.80. The van der Waals surface area contributed by atoms with Crippen LogP contribution < -0.4 is 10.2 Å². The van der Waals surface area contributed by atoms with Crippen molar-refractivity contribution < 1.29 is 22.0 Å². The second-order valence-corrected chi connectivity index (χ2v) is 7.54. The molecule has 1 heterocycles. The number of halogens is 2. The molecule has 0 radical (unpaired) electrons. The smallest absolute Gasteiger partial charge is 0.308 e. The summed E-state index contributed by atoms with van der Waals surface area (Å²) < 4.78 is 50.0. The lowest BCUT2D eigenvalue weighted by Crippen LogP contribution is -2.33. The van der Waals surface area contributed by atoms with E-state index in [1.165, 1.54) is 35.2 Å². The van der Waals surface area contributed by atoms with Crippen LogP contribution in [0.15, 0.2) is 41.3 Å². The third-order valence-electron chi connectivity index (χ3n) is 3.76. The van der Waals surface area contributed by atoms with Gasteiger partial charge in [-0.25, -0.2) is 22.0 Å². The number of carbonyl (C=O) groups is 1. The van der Waals surface area contributed by atoms with Crippen LogP contribution in [0.25, 0.3) is 0 Å². The maximum Gasteiger partial charge on any atom is 0.326 e. The minimum Gasteiger partial charge on any atom is -0.308 e. The van der Waals surface area contributed by atoms with Gasteiger partial charge in [0.1, 0.15) is 11.6 Å². The van der Waals surface area contributed by atoms with Gasteiger partial charge in [0.15, 0.2) is 9.84 Å². The van der Waals surface area contributed by atoms with Gasteiger partial charge in [-0.1, -0.05) is 0 Å². The van der Waals surface area contributed by atoms with Crippen LogP contribution in [0.1, 0.15) is 5.56 Å². The predicted octanol–water partition coefficient (Wildman–Crippen LogP) is 2.96. The first kappa shape index (κ1) is 16.4. The van der Waals surface area contributed by atoms with E-state index in [2.05, 4.69) is 5.32 Å². The highest BCUT2D eigenvalue weighted by Crippen LogP contribution is 2.32. The highest BCUT2D eigenvalue weighted by Gasteiger charge is 2.28. The number of urea groups is 1. The van der Waals surface area contributed by atoms with E-state index >= 15 is 0 Å². The van der Waals surface area contributed by atoms with E-state index in [4.69, 9.17) is 0 Å². The summed E-state index contributed by atoms with van der Waals surface area (Å²) in [7, 11) is -3.32. The van der Waals surface area contributed by atoms with E-state index in [0.29, 0.717) is 17.7 Å². The van der Waals surface area contributed by atoms with Crippen molar-refractivity contribution in [2.24, 2.45) is 0 Å². The van der Waals surface area contributed by atoms with Crippen molar-refractivity contribution in [1.29, 1.82) is 0 Å². The van der Waals surface area contributed by atoms with Crippen LogP contribution in [0.2, 0.25) is 0 Å². The molecule has 0 saturated heterocycles. The molecule has 1 aliphatic rings. The summed E-state index contributed by atoms with van der Waals surface area (Å²) in [6.45, 7) is 0.239. The molecule has 0 unspecified atom stereocenters. The minimum atomic E-state index is -3.32. The molecule has 126 valence electrons. The number of hydrogen-bond donors (Lipinski definition) is 1. The molecule has 0 bridgehead atoms. The van der Waals surface area contributed by atoms with Crippen LogP contribution in [0.4, 0.5) is 25.0 Å². The summed E-state index contributed by atoms with van der Waals surface area (Å²) in [6, 6.07) is 7.04. The molecule has 0 aromatic heterocycles. The number of nitrogens with zero attached hydrogens (tertiary/aromatic N) is 1. The van der Waals surface area contributed by atoms with E-state index in [1.54, 1.807) is 0 Å². The van der Waals surface area contributed by atoms with Crippen molar-refractivity contribution in [3.05, 3.63) is 53.6 Å². The van der Waals surface area contributed by atoms with Crippen molar-refractivity contribution in [3.8, 4) is 0 Å². The van der Waals surface area contributed by atoms with Crippen LogP contribution in [0.5, 0.6) is 0 Å². The van der Waals surface area contributed by atoms with E-state index in [1.807, 2.05) is 0 Å². The lowest BCUT2D eigenvalue weighted by atomic mass is 10.1. The lowest BCUT2D eigenvalue weighted by molar-refractivity contribution is 0.257. The maximum absolute atomic E-state index is 14.0. The van der Waals surface area contributed by atoms with E-state index in [9.17, 15) is 22.0 Å². The topological polar surface area (TPSA) is 66.5 Å². The average molecular weight is 352 g/mol. The Labute approximate surface area is 137 Å². The molecule has 2 aromatic rings. The minimum absolute atomic E-state index is 0.0710. The fourth-order valence-corrected chi connectivity index (χ4v) is 3.27. The van der Waals surface area contributed by atoms with Crippen LogP contribution in [-0.2, 0) is 16.3 Å². The fraction of sp³-hybridized carbons (Fsp3) is 0.188. The second-order valence-electron chi connectivity index (χ2n) is 5.52. The Morgan fingerprint density at radius 3 is 2.46 bits per heavy atom. The zero-order valence-electron chi connectivity index (χ0n) is 12.7. The largest absolute Gasteiger partial charge is 0.326 e. The molecule has 0 saturated carbocycles. The number of benzene rings is 2. The third-order valence-corrected chi connectivity index (χ3v) is 4.89. The van der Waals surface area contributed by atoms with E-state index < -0.39 is 27.5 Å². The Morgan fingerprint density at radius 1 is 1.17 bits per heavy atom. The third kappa shape index (κ3) is 3.09. The summed E-state index contributed by atoms with van der Waals surface area (Å²) in [5.41, 5.74) is 0.889. The van der Waals surface area contributed by atoms with Crippen LogP contribution >= 0.6 is 0 Å². The van der Waals surface area contributed by atoms with Gasteiger partial charge in [-0.3, -0.25) is 4.90 Å². The van der Waals surface area contributed by atoms with Gasteiger partial charge < -0.3 is 5.32 Å². The number of sulfone groups is 1. The van der Waals surface area contributed by atoms with Crippen LogP contribution in [0, 0.1) is 11.6 Å². The van der Waals surface area contributed by atoms with Gasteiger partial charge in [0.05, 0.1) is 10.6 Å². The van der Waals surface area contributed by atoms with Gasteiger partial charge in [-0.15, -0.1) is 0 Å². The molecule has 0 spiro atoms. The number of nitrogens with one attached hydrogen (secondary N) is 1. The van der Waals surface area contributed by atoms with Crippen molar-refractivity contribution >= 4 is 27.2 Å². The van der Waals surface area contributed by atoms with Gasteiger partial charge >= 0.3 is 6.03 Å². The van der Waals surface area contributed by atoms with Gasteiger partial charge in [0.2, 0.25) is 0 Å². The standard InChI is InChI=1S/C16H14F2N2O3S/c1-24(22,23)13-4-2-12(3-5-13)19-16(21)20-7-6-10-8-11(17)9-14(18)15(10)20/h2-5,8-9H,6-7H2,1H3,(H,19,21). The molecular formula is C16H14F2N2O3S. The van der Waals surface area contributed by atoms with Crippen molar-refractivity contribution in [3.63, 3.8) is 0 Å². The molecular weight excluding hydrogens is 338 g/mol. The summed E-state index contributed by atoms with van der Waals surface area (Å²) in [6.07, 6.45) is 1.45. The SMILES string of the molecule is CS(=O)(=O)c1ccc(NC(=O)N2CCc3cc(F)cc(F)c32)cc1. The van der Waals surface area contributed by atoms with Crippen molar-refractivity contribution in [2.45, 2.75) is 11.3 Å². The van der Waals surface area contributed by atoms with E-state index in [-0.39, 0.29) is 17.1 Å². The molecule has 0 aliphatic carbocycles. The summed E-state index contributed by atoms with van der Waals surface area (Å²) in [5, 5.41) is 2.58. The first-order chi connectivity index (χ1) is 11.3. The van der Waals surface area contributed by atoms with Crippen molar-refractivity contribution in [2.75, 3.05) is 23.0 Å². The predicted molar refractivity (Wildman–Crippen MR) is 86.0 cm³/mol. The van der Waals surface area contributed by atoms with E-state index in [0.717, 1.165) is 12.3 Å². The fourth-order valence-electron chi connectivity index (χ4n) is 2.64. The highest BCUT2D eigenvalue weighted by molar-refractivity contribution is 7.90. The van der Waals surface area contributed by atoms with Gasteiger partial charge in [0, 0.05) is 24.6 Å². The van der Waals surface area contributed by atoms with Gasteiger partial charge in [0.25, 0.3) is 0 Å². The lowest BCUT2D eigenvalue weighted by Gasteiger charge is -2.18. The monoisotopic (exact) mass is 352 g/mol. The Kier molecular flexibility index (Phi) is 4.00. The Bertz CT molecular complexity index is 912. The number of hydrogen-bond acceptors (Lipinski definition) is 3. The maximum atomic E-state index is 14.0. The number of amides is 2. The molecule has 0 fully saturated rings. The number of carbonyl (C=O) groups excluding carboxylic acids is 1. The summed E-state index contributed by atoms with van der Waals surface area (Å²) >= 11 is 0. The first-order valence-corrected chi connectivity index (χ1v) is 9.01. The molecule has 24 heavy (non-hydrogen) atoms. The molecule has 3 rings (SSSR count). The van der Waals surface area contributed by atoms with Gasteiger partial charge in [-0.05, 0) is 42.3 Å². The van der Waals surface area contributed by atoms with Crippen LogP contribution in [0.3, 0.4) is 0 Å². The normalized spacial score (nSPS) is 13.7. The zero-order valence-corrected chi connectivity index (χ0v) is 13.5. The average Bonchev–Trinajstić information content (AvgIpc) is 2.91. The number of fused-ring (bicyclic) bond motifs is 1. The second kappa shape index (κ2) is 5.86. The quantitative estimate of drug-likeness (QED) is 0.904. The molecule has 1 N–H and O–H groups in total. The molecule has 0 atom stereocenters. The van der Waals surface area contributed by atoms with Crippen LogP contribution in [-0.4, -0.2) is 27.2 Å². The number of anilines is 2. The summed E-state index contributed by atoms with van der Waals surface area (Å²) in [4.78, 5) is 13.7. The Hall–Kier alpha value is -2.48. The first-order valence-electron chi connectivity index (χ1n) is 7.12. The number of rotatable bonds is 2. The van der Waals surface area contributed by atoms with Gasteiger partial charge in [-0.2, -0.15) is 0 Å².